The van der Waals surface area contributed by atoms with Gasteiger partial charge in [-0.05, 0) is 39.5 Å². The highest BCUT2D eigenvalue weighted by Crippen LogP contribution is 2.24. The Morgan fingerprint density at radius 3 is 2.87 bits per heavy atom. The van der Waals surface area contributed by atoms with Crippen LogP contribution in [0.1, 0.15) is 48.5 Å². The average molecular weight is 209 g/mol. The number of esters is 1. The Morgan fingerprint density at radius 1 is 1.40 bits per heavy atom. The summed E-state index contributed by atoms with van der Waals surface area (Å²) in [6, 6.07) is 0. The van der Waals surface area contributed by atoms with Gasteiger partial charge in [-0.3, -0.25) is 0 Å². The predicted molar refractivity (Wildman–Crippen MR) is 53.7 cm³/mol. The molecule has 1 heterocycles. The van der Waals surface area contributed by atoms with Crippen molar-refractivity contribution in [3.8, 4) is 0 Å². The van der Waals surface area contributed by atoms with E-state index in [-0.39, 0.29) is 12.1 Å². The number of carbonyl (C=O) groups is 1. The Kier molecular flexibility index (Phi) is 2.75. The number of aromatic nitrogens is 1. The van der Waals surface area contributed by atoms with Gasteiger partial charge in [0.15, 0.2) is 0 Å². The summed E-state index contributed by atoms with van der Waals surface area (Å²) in [5.74, 6) is -0.0842. The van der Waals surface area contributed by atoms with Gasteiger partial charge in [-0.1, -0.05) is 5.16 Å². The van der Waals surface area contributed by atoms with Gasteiger partial charge < -0.3 is 9.26 Å². The number of fused-ring (bicyclic) bond motifs is 1. The molecule has 1 aliphatic carbocycles. The molecule has 2 rings (SSSR count). The zero-order chi connectivity index (χ0) is 10.8. The van der Waals surface area contributed by atoms with Crippen LogP contribution in [0.15, 0.2) is 4.52 Å². The molecular formula is C11H15NO3. The number of hydrogen-bond donors (Lipinski definition) is 0. The Labute approximate surface area is 88.6 Å². The van der Waals surface area contributed by atoms with E-state index in [0.29, 0.717) is 5.76 Å². The molecule has 1 aromatic rings. The topological polar surface area (TPSA) is 52.3 Å². The molecule has 0 aromatic carbocycles. The third-order valence-corrected chi connectivity index (χ3v) is 2.49. The van der Waals surface area contributed by atoms with Crippen molar-refractivity contribution in [3.63, 3.8) is 0 Å². The highest BCUT2D eigenvalue weighted by atomic mass is 16.6. The molecule has 82 valence electrons. The minimum atomic E-state index is -0.388. The summed E-state index contributed by atoms with van der Waals surface area (Å²) >= 11 is 0. The van der Waals surface area contributed by atoms with Crippen molar-refractivity contribution in [1.29, 1.82) is 0 Å². The van der Waals surface area contributed by atoms with Crippen LogP contribution in [0.5, 0.6) is 0 Å². The maximum absolute atomic E-state index is 11.6. The number of ether oxygens (including phenoxy) is 1. The van der Waals surface area contributed by atoms with Crippen LogP contribution in [0.25, 0.3) is 0 Å². The number of aryl methyl sites for hydroxylation is 1. The van der Waals surface area contributed by atoms with Gasteiger partial charge in [0.05, 0.1) is 11.8 Å². The fourth-order valence-electron chi connectivity index (χ4n) is 1.82. The van der Waals surface area contributed by atoms with E-state index >= 15 is 0 Å². The van der Waals surface area contributed by atoms with Gasteiger partial charge in [0.1, 0.15) is 0 Å². The van der Waals surface area contributed by atoms with E-state index < -0.39 is 0 Å². The molecule has 0 radical (unpaired) electrons. The van der Waals surface area contributed by atoms with Crippen molar-refractivity contribution >= 4 is 5.97 Å². The highest BCUT2D eigenvalue weighted by Gasteiger charge is 2.25. The average Bonchev–Trinajstić information content (AvgIpc) is 2.59. The molecule has 1 aromatic heterocycles. The number of nitrogens with zero attached hydrogens (tertiary/aromatic N) is 1. The van der Waals surface area contributed by atoms with Gasteiger partial charge in [-0.25, -0.2) is 4.79 Å². The Morgan fingerprint density at radius 2 is 2.13 bits per heavy atom. The molecule has 0 amide bonds. The predicted octanol–water partition coefficient (Wildman–Crippen LogP) is 2.12. The third kappa shape index (κ3) is 2.03. The summed E-state index contributed by atoms with van der Waals surface area (Å²) in [4.78, 5) is 11.6. The Balaban J connectivity index is 2.21. The summed E-state index contributed by atoms with van der Waals surface area (Å²) < 4.78 is 10.1. The third-order valence-electron chi connectivity index (χ3n) is 2.49. The molecule has 0 unspecified atom stereocenters. The molecule has 0 N–H and O–H groups in total. The van der Waals surface area contributed by atoms with Crippen molar-refractivity contribution in [3.05, 3.63) is 17.0 Å². The lowest BCUT2D eigenvalue weighted by atomic mass is 9.96. The van der Waals surface area contributed by atoms with Crippen molar-refractivity contribution in [1.82, 2.24) is 5.16 Å². The summed E-state index contributed by atoms with van der Waals surface area (Å²) in [5, 5.41) is 3.91. The normalized spacial score (nSPS) is 15.1. The van der Waals surface area contributed by atoms with Gasteiger partial charge in [0, 0.05) is 5.56 Å². The van der Waals surface area contributed by atoms with Gasteiger partial charge in [-0.15, -0.1) is 0 Å². The lowest BCUT2D eigenvalue weighted by Gasteiger charge is -2.10. The van der Waals surface area contributed by atoms with E-state index in [1.165, 1.54) is 0 Å². The first-order valence-electron chi connectivity index (χ1n) is 5.37. The quantitative estimate of drug-likeness (QED) is 0.700. The van der Waals surface area contributed by atoms with Crippen molar-refractivity contribution < 1.29 is 14.1 Å². The molecule has 1 aliphatic rings. The van der Waals surface area contributed by atoms with Gasteiger partial charge in [0.2, 0.25) is 5.76 Å². The van der Waals surface area contributed by atoms with Crippen LogP contribution in [0.2, 0.25) is 0 Å². The lowest BCUT2D eigenvalue weighted by molar-refractivity contribution is 0.0330. The fourth-order valence-corrected chi connectivity index (χ4v) is 1.82. The molecule has 4 heteroatoms. The van der Waals surface area contributed by atoms with E-state index in [0.717, 1.165) is 36.9 Å². The number of carbonyl (C=O) groups excluding carboxylic acids is 1. The largest absolute Gasteiger partial charge is 0.457 e. The van der Waals surface area contributed by atoms with Gasteiger partial charge >= 0.3 is 5.97 Å². The molecule has 0 spiro atoms. The van der Waals surface area contributed by atoms with Gasteiger partial charge in [0.25, 0.3) is 0 Å². The molecule has 4 nitrogen and oxygen atoms in total. The monoisotopic (exact) mass is 209 g/mol. The maximum Gasteiger partial charge on any atom is 0.377 e. The first-order valence-corrected chi connectivity index (χ1v) is 5.37. The second-order valence-electron chi connectivity index (χ2n) is 4.10. The Hall–Kier alpha value is -1.32. The maximum atomic E-state index is 11.6. The SMILES string of the molecule is CC(C)OC(=O)c1onc2c1CCCC2. The van der Waals surface area contributed by atoms with E-state index in [4.69, 9.17) is 9.26 Å². The lowest BCUT2D eigenvalue weighted by Crippen LogP contribution is -2.13. The van der Waals surface area contributed by atoms with E-state index in [1.54, 1.807) is 0 Å². The molecule has 0 bridgehead atoms. The molecule has 0 saturated carbocycles. The second kappa shape index (κ2) is 4.04. The second-order valence-corrected chi connectivity index (χ2v) is 4.10. The van der Waals surface area contributed by atoms with Crippen LogP contribution in [0.4, 0.5) is 0 Å². The van der Waals surface area contributed by atoms with Crippen LogP contribution >= 0.6 is 0 Å². The summed E-state index contributed by atoms with van der Waals surface area (Å²) in [7, 11) is 0. The van der Waals surface area contributed by atoms with Gasteiger partial charge in [-0.2, -0.15) is 0 Å². The smallest absolute Gasteiger partial charge is 0.377 e. The van der Waals surface area contributed by atoms with E-state index in [2.05, 4.69) is 5.16 Å². The Bertz CT molecular complexity index is 368. The molecular weight excluding hydrogens is 194 g/mol. The van der Waals surface area contributed by atoms with Crippen molar-refractivity contribution in [2.75, 3.05) is 0 Å². The zero-order valence-corrected chi connectivity index (χ0v) is 9.08. The number of rotatable bonds is 2. The molecule has 15 heavy (non-hydrogen) atoms. The zero-order valence-electron chi connectivity index (χ0n) is 9.08. The van der Waals surface area contributed by atoms with Crippen LogP contribution in [0.3, 0.4) is 0 Å². The van der Waals surface area contributed by atoms with Crippen molar-refractivity contribution in [2.24, 2.45) is 0 Å². The molecule has 0 aliphatic heterocycles. The van der Waals surface area contributed by atoms with E-state index in [9.17, 15) is 4.79 Å². The van der Waals surface area contributed by atoms with Crippen LogP contribution in [0, 0.1) is 0 Å². The first-order chi connectivity index (χ1) is 7.18. The standard InChI is InChI=1S/C11H15NO3/c1-7(2)14-11(13)10-8-5-3-4-6-9(8)12-15-10/h7H,3-6H2,1-2H3. The summed E-state index contributed by atoms with van der Waals surface area (Å²) in [6.07, 6.45) is 3.88. The minimum Gasteiger partial charge on any atom is -0.457 e. The van der Waals surface area contributed by atoms with Crippen LogP contribution < -0.4 is 0 Å². The molecule has 0 fully saturated rings. The first kappa shape index (κ1) is 10.2. The van der Waals surface area contributed by atoms with Crippen LogP contribution in [-0.4, -0.2) is 17.2 Å². The van der Waals surface area contributed by atoms with E-state index in [1.807, 2.05) is 13.8 Å². The highest BCUT2D eigenvalue weighted by molar-refractivity contribution is 5.88. The number of hydrogen-bond acceptors (Lipinski definition) is 4. The summed E-state index contributed by atoms with van der Waals surface area (Å²) in [6.45, 7) is 3.64. The van der Waals surface area contributed by atoms with Crippen molar-refractivity contribution in [2.45, 2.75) is 45.6 Å². The van der Waals surface area contributed by atoms with Crippen LogP contribution in [-0.2, 0) is 17.6 Å². The fraction of sp³-hybridized carbons (Fsp3) is 0.636. The molecule has 0 atom stereocenters. The minimum absolute atomic E-state index is 0.123. The summed E-state index contributed by atoms with van der Waals surface area (Å²) in [5.41, 5.74) is 1.88. The molecule has 0 saturated heterocycles.